The van der Waals surface area contributed by atoms with Gasteiger partial charge in [-0.05, 0) is 42.7 Å². The summed E-state index contributed by atoms with van der Waals surface area (Å²) in [7, 11) is 0. The number of benzene rings is 2. The lowest BCUT2D eigenvalue weighted by molar-refractivity contribution is -0.124. The molecular formula is C20H21ClFN3O2. The highest BCUT2D eigenvalue weighted by Gasteiger charge is 2.39. The summed E-state index contributed by atoms with van der Waals surface area (Å²) in [5.41, 5.74) is 8.79. The number of para-hydroxylation sites is 1. The van der Waals surface area contributed by atoms with Crippen molar-refractivity contribution in [1.82, 2.24) is 0 Å². The lowest BCUT2D eigenvalue weighted by Crippen LogP contribution is -2.40. The van der Waals surface area contributed by atoms with Gasteiger partial charge in [-0.3, -0.25) is 9.59 Å². The van der Waals surface area contributed by atoms with Gasteiger partial charge in [0.25, 0.3) is 0 Å². The first kappa shape index (κ1) is 19.2. The molecular weight excluding hydrogens is 369 g/mol. The Morgan fingerprint density at radius 2 is 1.85 bits per heavy atom. The molecule has 0 spiro atoms. The van der Waals surface area contributed by atoms with E-state index in [1.165, 1.54) is 11.0 Å². The molecule has 0 aliphatic carbocycles. The van der Waals surface area contributed by atoms with E-state index >= 15 is 0 Å². The van der Waals surface area contributed by atoms with Gasteiger partial charge in [0.05, 0.1) is 11.6 Å². The third-order valence-corrected chi connectivity index (χ3v) is 5.17. The van der Waals surface area contributed by atoms with Gasteiger partial charge in [-0.15, -0.1) is 12.4 Å². The van der Waals surface area contributed by atoms with E-state index in [0.717, 1.165) is 24.1 Å². The molecule has 2 amide bonds. The Hall–Kier alpha value is -2.60. The third kappa shape index (κ3) is 3.37. The second kappa shape index (κ2) is 7.56. The van der Waals surface area contributed by atoms with Crippen LogP contribution >= 0.6 is 12.4 Å². The number of halogens is 2. The molecule has 27 heavy (non-hydrogen) atoms. The monoisotopic (exact) mass is 389 g/mol. The summed E-state index contributed by atoms with van der Waals surface area (Å²) in [6, 6.07) is 11.7. The fourth-order valence-electron chi connectivity index (χ4n) is 3.88. The Morgan fingerprint density at radius 1 is 1.11 bits per heavy atom. The molecule has 2 aromatic carbocycles. The third-order valence-electron chi connectivity index (χ3n) is 5.17. The second-order valence-electron chi connectivity index (χ2n) is 6.80. The molecule has 0 aromatic heterocycles. The number of rotatable bonds is 2. The number of carbonyl (C=O) groups excluding carboxylic acids is 2. The molecule has 2 aromatic rings. The van der Waals surface area contributed by atoms with E-state index in [2.05, 4.69) is 0 Å². The molecule has 0 saturated carbocycles. The largest absolute Gasteiger partial charge is 0.398 e. The highest BCUT2D eigenvalue weighted by molar-refractivity contribution is 6.05. The van der Waals surface area contributed by atoms with Gasteiger partial charge in [-0.1, -0.05) is 18.2 Å². The van der Waals surface area contributed by atoms with Gasteiger partial charge in [0, 0.05) is 30.9 Å². The number of hydrogen-bond donors (Lipinski definition) is 1. The van der Waals surface area contributed by atoms with E-state index in [4.69, 9.17) is 5.73 Å². The first-order valence-electron chi connectivity index (χ1n) is 8.80. The molecule has 1 unspecified atom stereocenters. The van der Waals surface area contributed by atoms with Crippen LogP contribution in [0.4, 0.5) is 21.5 Å². The number of anilines is 3. The zero-order valence-electron chi connectivity index (χ0n) is 14.7. The van der Waals surface area contributed by atoms with Crippen molar-refractivity contribution < 1.29 is 14.0 Å². The summed E-state index contributed by atoms with van der Waals surface area (Å²) in [5, 5.41) is 0. The first-order valence-corrected chi connectivity index (χ1v) is 8.80. The van der Waals surface area contributed by atoms with Gasteiger partial charge in [0.2, 0.25) is 11.8 Å². The van der Waals surface area contributed by atoms with Crippen molar-refractivity contribution in [3.8, 4) is 0 Å². The topological polar surface area (TPSA) is 66.6 Å². The molecule has 2 aliphatic rings. The van der Waals surface area contributed by atoms with Crippen LogP contribution in [0.2, 0.25) is 0 Å². The van der Waals surface area contributed by atoms with Crippen LogP contribution in [0.1, 0.15) is 18.4 Å². The van der Waals surface area contributed by atoms with Crippen molar-refractivity contribution in [2.75, 3.05) is 28.6 Å². The van der Waals surface area contributed by atoms with E-state index in [0.29, 0.717) is 12.2 Å². The van der Waals surface area contributed by atoms with Crippen molar-refractivity contribution in [2.45, 2.75) is 19.3 Å². The number of hydrogen-bond acceptors (Lipinski definition) is 3. The predicted molar refractivity (Wildman–Crippen MR) is 106 cm³/mol. The maximum absolute atomic E-state index is 14.0. The minimum absolute atomic E-state index is 0. The zero-order chi connectivity index (χ0) is 18.3. The SMILES string of the molecule is Cl.Nc1cccc2c1CCCN2C(=O)C1CC(=O)N(c2ccccc2F)C1. The van der Waals surface area contributed by atoms with E-state index in [9.17, 15) is 14.0 Å². The van der Waals surface area contributed by atoms with Crippen molar-refractivity contribution in [3.05, 3.63) is 53.8 Å². The average Bonchev–Trinajstić information content (AvgIpc) is 3.03. The number of amides is 2. The summed E-state index contributed by atoms with van der Waals surface area (Å²) in [6.45, 7) is 0.812. The first-order chi connectivity index (χ1) is 12.6. The second-order valence-corrected chi connectivity index (χ2v) is 6.80. The lowest BCUT2D eigenvalue weighted by atomic mass is 9.97. The molecule has 142 valence electrons. The summed E-state index contributed by atoms with van der Waals surface area (Å²) in [5.74, 6) is -1.25. The summed E-state index contributed by atoms with van der Waals surface area (Å²) in [6.07, 6.45) is 1.78. The van der Waals surface area contributed by atoms with Crippen LogP contribution in [0.25, 0.3) is 0 Å². The maximum atomic E-state index is 14.0. The standard InChI is InChI=1S/C20H20FN3O2.ClH/c21-15-6-1-2-8-18(15)24-12-13(11-19(24)25)20(26)23-10-4-5-14-16(22)7-3-9-17(14)23;/h1-3,6-9,13H,4-5,10-12,22H2;1H. The molecule has 7 heteroatoms. The van der Waals surface area contributed by atoms with Crippen molar-refractivity contribution in [1.29, 1.82) is 0 Å². The van der Waals surface area contributed by atoms with Crippen LogP contribution in [0.15, 0.2) is 42.5 Å². The lowest BCUT2D eigenvalue weighted by Gasteiger charge is -2.32. The van der Waals surface area contributed by atoms with Gasteiger partial charge in [0.15, 0.2) is 0 Å². The molecule has 2 N–H and O–H groups in total. The van der Waals surface area contributed by atoms with Crippen LogP contribution in [0.3, 0.4) is 0 Å². The van der Waals surface area contributed by atoms with Crippen LogP contribution in [0, 0.1) is 11.7 Å². The molecule has 1 saturated heterocycles. The van der Waals surface area contributed by atoms with Gasteiger partial charge < -0.3 is 15.5 Å². The fourth-order valence-corrected chi connectivity index (χ4v) is 3.88. The molecule has 2 heterocycles. The molecule has 4 rings (SSSR count). The Labute approximate surface area is 163 Å². The normalized spacial score (nSPS) is 18.9. The fraction of sp³-hybridized carbons (Fsp3) is 0.300. The Bertz CT molecular complexity index is 889. The maximum Gasteiger partial charge on any atom is 0.232 e. The summed E-state index contributed by atoms with van der Waals surface area (Å²) in [4.78, 5) is 28.6. The average molecular weight is 390 g/mol. The smallest absolute Gasteiger partial charge is 0.232 e. The van der Waals surface area contributed by atoms with Gasteiger partial charge in [0.1, 0.15) is 5.82 Å². The minimum Gasteiger partial charge on any atom is -0.398 e. The number of carbonyl (C=O) groups is 2. The van der Waals surface area contributed by atoms with E-state index in [-0.39, 0.29) is 42.9 Å². The predicted octanol–water partition coefficient (Wildman–Crippen LogP) is 3.16. The van der Waals surface area contributed by atoms with Crippen molar-refractivity contribution in [2.24, 2.45) is 5.92 Å². The quantitative estimate of drug-likeness (QED) is 0.802. The van der Waals surface area contributed by atoms with E-state index in [1.807, 2.05) is 18.2 Å². The Morgan fingerprint density at radius 3 is 2.63 bits per heavy atom. The minimum atomic E-state index is -0.477. The molecule has 0 bridgehead atoms. The van der Waals surface area contributed by atoms with E-state index < -0.39 is 11.7 Å². The molecule has 2 aliphatic heterocycles. The number of fused-ring (bicyclic) bond motifs is 1. The van der Waals surface area contributed by atoms with Crippen LogP contribution in [0.5, 0.6) is 0 Å². The molecule has 0 radical (unpaired) electrons. The number of nitrogen functional groups attached to an aromatic ring is 1. The van der Waals surface area contributed by atoms with Crippen LogP contribution in [-0.4, -0.2) is 24.9 Å². The van der Waals surface area contributed by atoms with E-state index in [1.54, 1.807) is 23.1 Å². The van der Waals surface area contributed by atoms with Crippen LogP contribution in [-0.2, 0) is 16.0 Å². The summed E-state index contributed by atoms with van der Waals surface area (Å²) >= 11 is 0. The van der Waals surface area contributed by atoms with Crippen molar-refractivity contribution in [3.63, 3.8) is 0 Å². The molecule has 1 atom stereocenters. The molecule has 5 nitrogen and oxygen atoms in total. The Balaban J connectivity index is 0.00000210. The zero-order valence-corrected chi connectivity index (χ0v) is 15.5. The number of nitrogens with zero attached hydrogens (tertiary/aromatic N) is 2. The van der Waals surface area contributed by atoms with Gasteiger partial charge in [-0.25, -0.2) is 4.39 Å². The highest BCUT2D eigenvalue weighted by atomic mass is 35.5. The summed E-state index contributed by atoms with van der Waals surface area (Å²) < 4.78 is 14.0. The number of nitrogens with two attached hydrogens (primary N) is 1. The van der Waals surface area contributed by atoms with Crippen molar-refractivity contribution >= 4 is 41.3 Å². The highest BCUT2D eigenvalue weighted by Crippen LogP contribution is 2.34. The van der Waals surface area contributed by atoms with Gasteiger partial charge in [-0.2, -0.15) is 0 Å². The molecule has 1 fully saturated rings. The van der Waals surface area contributed by atoms with Gasteiger partial charge >= 0.3 is 0 Å². The van der Waals surface area contributed by atoms with Crippen LogP contribution < -0.4 is 15.5 Å². The Kier molecular flexibility index (Phi) is 5.37.